The Morgan fingerprint density at radius 3 is 2.62 bits per heavy atom. The van der Waals surface area contributed by atoms with E-state index in [0.717, 1.165) is 0 Å². The summed E-state index contributed by atoms with van der Waals surface area (Å²) in [4.78, 5) is 0. The predicted molar refractivity (Wildman–Crippen MR) is 40.7 cm³/mol. The Balaban J connectivity index is 2.07. The van der Waals surface area contributed by atoms with Gasteiger partial charge in [0.1, 0.15) is 12.2 Å². The lowest BCUT2D eigenvalue weighted by Gasteiger charge is -2.20. The zero-order chi connectivity index (χ0) is 9.64. The number of ether oxygens (including phenoxy) is 3. The third-order valence-corrected chi connectivity index (χ3v) is 2.25. The average molecular weight is 192 g/mol. The van der Waals surface area contributed by atoms with Crippen LogP contribution in [0.3, 0.4) is 0 Å². The lowest BCUT2D eigenvalue weighted by atomic mass is 10.2. The highest BCUT2D eigenvalue weighted by Gasteiger charge is 2.54. The van der Waals surface area contributed by atoms with Crippen molar-refractivity contribution in [3.8, 4) is 0 Å². The Kier molecular flexibility index (Phi) is 2.07. The van der Waals surface area contributed by atoms with Crippen LogP contribution in [-0.4, -0.2) is 42.2 Å². The van der Waals surface area contributed by atoms with Gasteiger partial charge in [-0.05, 0) is 13.8 Å². The van der Waals surface area contributed by atoms with Crippen LogP contribution < -0.4 is 0 Å². The molecule has 0 spiro atoms. The standard InChI is InChI=1S/C8H13FO4/c1-8(2)12-6-5(9)4(3-10)11-7(6)13-8/h4-7,10H,3H2,1-2H3/t4?,5-,6+,7+/m0/s1. The highest BCUT2D eigenvalue weighted by atomic mass is 19.1. The van der Waals surface area contributed by atoms with Gasteiger partial charge in [0.15, 0.2) is 18.2 Å². The molecule has 2 heterocycles. The summed E-state index contributed by atoms with van der Waals surface area (Å²) in [6, 6.07) is 0. The van der Waals surface area contributed by atoms with E-state index in [1.807, 2.05) is 0 Å². The van der Waals surface area contributed by atoms with Gasteiger partial charge in [-0.2, -0.15) is 0 Å². The molecule has 0 bridgehead atoms. The molecule has 2 fully saturated rings. The third kappa shape index (κ3) is 1.46. The first-order valence-electron chi connectivity index (χ1n) is 4.29. The molecule has 76 valence electrons. The van der Waals surface area contributed by atoms with Crippen molar-refractivity contribution in [2.24, 2.45) is 0 Å². The fourth-order valence-corrected chi connectivity index (χ4v) is 1.68. The Hall–Kier alpha value is -0.230. The first-order valence-corrected chi connectivity index (χ1v) is 4.29. The number of fused-ring (bicyclic) bond motifs is 1. The minimum atomic E-state index is -1.31. The van der Waals surface area contributed by atoms with Crippen molar-refractivity contribution >= 4 is 0 Å². The van der Waals surface area contributed by atoms with Gasteiger partial charge in [-0.15, -0.1) is 0 Å². The van der Waals surface area contributed by atoms with Crippen molar-refractivity contribution in [1.29, 1.82) is 0 Å². The van der Waals surface area contributed by atoms with E-state index < -0.39 is 30.5 Å². The van der Waals surface area contributed by atoms with E-state index in [1.54, 1.807) is 13.8 Å². The van der Waals surface area contributed by atoms with Gasteiger partial charge in [-0.3, -0.25) is 0 Å². The summed E-state index contributed by atoms with van der Waals surface area (Å²) >= 11 is 0. The summed E-state index contributed by atoms with van der Waals surface area (Å²) in [6.45, 7) is 3.06. The number of rotatable bonds is 1. The van der Waals surface area contributed by atoms with Crippen LogP contribution in [0, 0.1) is 0 Å². The van der Waals surface area contributed by atoms with E-state index in [9.17, 15) is 4.39 Å². The van der Waals surface area contributed by atoms with Crippen LogP contribution in [0.4, 0.5) is 4.39 Å². The zero-order valence-electron chi connectivity index (χ0n) is 7.57. The van der Waals surface area contributed by atoms with E-state index >= 15 is 0 Å². The molecule has 0 saturated carbocycles. The summed E-state index contributed by atoms with van der Waals surface area (Å²) in [7, 11) is 0. The number of halogens is 1. The van der Waals surface area contributed by atoms with Gasteiger partial charge in [-0.1, -0.05) is 0 Å². The van der Waals surface area contributed by atoms with E-state index in [0.29, 0.717) is 0 Å². The second kappa shape index (κ2) is 2.88. The van der Waals surface area contributed by atoms with Crippen LogP contribution in [0.2, 0.25) is 0 Å². The third-order valence-electron chi connectivity index (χ3n) is 2.25. The van der Waals surface area contributed by atoms with Crippen LogP contribution in [0.25, 0.3) is 0 Å². The summed E-state index contributed by atoms with van der Waals surface area (Å²) in [5.41, 5.74) is 0. The molecule has 0 aliphatic carbocycles. The zero-order valence-corrected chi connectivity index (χ0v) is 7.57. The largest absolute Gasteiger partial charge is 0.394 e. The summed E-state index contributed by atoms with van der Waals surface area (Å²) in [6.07, 6.45) is -3.50. The lowest BCUT2D eigenvalue weighted by Crippen LogP contribution is -2.33. The first-order chi connectivity index (χ1) is 6.03. The van der Waals surface area contributed by atoms with E-state index in [4.69, 9.17) is 19.3 Å². The van der Waals surface area contributed by atoms with Crippen LogP contribution in [-0.2, 0) is 14.2 Å². The van der Waals surface area contributed by atoms with Gasteiger partial charge in [-0.25, -0.2) is 4.39 Å². The fourth-order valence-electron chi connectivity index (χ4n) is 1.68. The lowest BCUT2D eigenvalue weighted by molar-refractivity contribution is -0.214. The summed E-state index contributed by atoms with van der Waals surface area (Å²) in [5, 5.41) is 8.75. The highest BCUT2D eigenvalue weighted by Crippen LogP contribution is 2.38. The molecule has 4 atom stereocenters. The van der Waals surface area contributed by atoms with Crippen LogP contribution in [0.1, 0.15) is 13.8 Å². The molecule has 2 rings (SSSR count). The predicted octanol–water partition coefficient (Wildman–Crippen LogP) is 0.193. The second-order valence-electron chi connectivity index (χ2n) is 3.77. The monoisotopic (exact) mass is 192 g/mol. The summed E-state index contributed by atoms with van der Waals surface area (Å²) in [5.74, 6) is -0.792. The molecule has 0 radical (unpaired) electrons. The molecule has 2 aliphatic heterocycles. The second-order valence-corrected chi connectivity index (χ2v) is 3.77. The molecule has 1 N–H and O–H groups in total. The number of alkyl halides is 1. The maximum atomic E-state index is 13.4. The number of hydrogen-bond acceptors (Lipinski definition) is 4. The topological polar surface area (TPSA) is 47.9 Å². The van der Waals surface area contributed by atoms with Crippen molar-refractivity contribution in [1.82, 2.24) is 0 Å². The molecule has 13 heavy (non-hydrogen) atoms. The molecule has 5 heteroatoms. The van der Waals surface area contributed by atoms with Crippen molar-refractivity contribution in [2.45, 2.75) is 44.3 Å². The SMILES string of the molecule is CC1(C)O[C@H]2OC(CO)[C@H](F)[C@H]2O1. The van der Waals surface area contributed by atoms with E-state index in [-0.39, 0.29) is 6.61 Å². The van der Waals surface area contributed by atoms with Crippen molar-refractivity contribution in [3.05, 3.63) is 0 Å². The molecular weight excluding hydrogens is 179 g/mol. The van der Waals surface area contributed by atoms with Crippen molar-refractivity contribution in [3.63, 3.8) is 0 Å². The van der Waals surface area contributed by atoms with Gasteiger partial charge in [0, 0.05) is 0 Å². The molecule has 0 aromatic heterocycles. The molecule has 0 aromatic rings. The van der Waals surface area contributed by atoms with E-state index in [1.165, 1.54) is 0 Å². The number of aliphatic hydroxyl groups excluding tert-OH is 1. The fraction of sp³-hybridized carbons (Fsp3) is 1.00. The van der Waals surface area contributed by atoms with Crippen LogP contribution in [0.5, 0.6) is 0 Å². The smallest absolute Gasteiger partial charge is 0.190 e. The minimum absolute atomic E-state index is 0.346. The summed E-state index contributed by atoms with van der Waals surface area (Å²) < 4.78 is 29.1. The molecule has 0 amide bonds. The Bertz CT molecular complexity index is 208. The number of hydrogen-bond donors (Lipinski definition) is 1. The minimum Gasteiger partial charge on any atom is -0.394 e. The maximum absolute atomic E-state index is 13.4. The van der Waals surface area contributed by atoms with Crippen molar-refractivity contribution < 1.29 is 23.7 Å². The van der Waals surface area contributed by atoms with Gasteiger partial charge < -0.3 is 19.3 Å². The Morgan fingerprint density at radius 2 is 2.08 bits per heavy atom. The van der Waals surface area contributed by atoms with Crippen LogP contribution >= 0.6 is 0 Å². The molecule has 0 aromatic carbocycles. The highest BCUT2D eigenvalue weighted by molar-refractivity contribution is 4.92. The van der Waals surface area contributed by atoms with Gasteiger partial charge in [0.2, 0.25) is 0 Å². The average Bonchev–Trinajstić information content (AvgIpc) is 2.47. The normalized spacial score (nSPS) is 48.0. The molecule has 2 aliphatic rings. The first kappa shape index (κ1) is 9.33. The van der Waals surface area contributed by atoms with Gasteiger partial charge in [0.05, 0.1) is 6.61 Å². The molecule has 1 unspecified atom stereocenters. The van der Waals surface area contributed by atoms with Gasteiger partial charge >= 0.3 is 0 Å². The molecule has 2 saturated heterocycles. The van der Waals surface area contributed by atoms with Crippen LogP contribution in [0.15, 0.2) is 0 Å². The molecular formula is C8H13FO4. The Morgan fingerprint density at radius 1 is 1.38 bits per heavy atom. The Labute approximate surface area is 75.6 Å². The van der Waals surface area contributed by atoms with Crippen molar-refractivity contribution in [2.75, 3.05) is 6.61 Å². The van der Waals surface area contributed by atoms with Gasteiger partial charge in [0.25, 0.3) is 0 Å². The maximum Gasteiger partial charge on any atom is 0.190 e. The number of aliphatic hydroxyl groups is 1. The quantitative estimate of drug-likeness (QED) is 0.644. The molecule has 4 nitrogen and oxygen atoms in total. The van der Waals surface area contributed by atoms with E-state index in [2.05, 4.69) is 0 Å².